The molecular weight excluding hydrogens is 370 g/mol. The highest BCUT2D eigenvalue weighted by molar-refractivity contribution is 9.10. The Balaban J connectivity index is 1.74. The molecule has 0 saturated carbocycles. The molecule has 1 N–H and O–H groups in total. The SMILES string of the molecule is C[C@H](NC(=O)Cn1ccc2ccncc2c1=O)c1ccc(Br)cc1. The molecule has 3 aromatic rings. The number of nitrogens with one attached hydrogen (secondary N) is 1. The number of halogens is 1. The van der Waals surface area contributed by atoms with Gasteiger partial charge in [-0.2, -0.15) is 0 Å². The van der Waals surface area contributed by atoms with Gasteiger partial charge in [0.15, 0.2) is 0 Å². The second-order valence-corrected chi connectivity index (χ2v) is 6.47. The van der Waals surface area contributed by atoms with Crippen molar-refractivity contribution in [3.05, 3.63) is 75.4 Å². The molecule has 1 aromatic carbocycles. The van der Waals surface area contributed by atoms with Crippen LogP contribution in [-0.4, -0.2) is 15.5 Å². The first-order chi connectivity index (χ1) is 11.5. The van der Waals surface area contributed by atoms with E-state index in [2.05, 4.69) is 26.2 Å². The molecular formula is C18H16BrN3O2. The Morgan fingerprint density at radius 2 is 2.00 bits per heavy atom. The van der Waals surface area contributed by atoms with Gasteiger partial charge in [-0.15, -0.1) is 0 Å². The van der Waals surface area contributed by atoms with Crippen molar-refractivity contribution in [2.45, 2.75) is 19.5 Å². The van der Waals surface area contributed by atoms with Crippen LogP contribution in [0.25, 0.3) is 10.8 Å². The van der Waals surface area contributed by atoms with Crippen LogP contribution < -0.4 is 10.9 Å². The van der Waals surface area contributed by atoms with E-state index in [9.17, 15) is 9.59 Å². The summed E-state index contributed by atoms with van der Waals surface area (Å²) in [5, 5.41) is 4.23. The Bertz CT molecular complexity index is 935. The molecule has 0 radical (unpaired) electrons. The molecule has 0 saturated heterocycles. The Morgan fingerprint density at radius 3 is 2.75 bits per heavy atom. The Hall–Kier alpha value is -2.47. The molecule has 6 heteroatoms. The van der Waals surface area contributed by atoms with E-state index in [1.807, 2.05) is 37.3 Å². The molecule has 0 aliphatic rings. The topological polar surface area (TPSA) is 64.0 Å². The maximum absolute atomic E-state index is 12.4. The van der Waals surface area contributed by atoms with E-state index in [0.29, 0.717) is 5.39 Å². The predicted octanol–water partition coefficient (Wildman–Crippen LogP) is 3.04. The third-order valence-corrected chi connectivity index (χ3v) is 4.37. The van der Waals surface area contributed by atoms with Gasteiger partial charge in [-0.05, 0) is 42.1 Å². The lowest BCUT2D eigenvalue weighted by Crippen LogP contribution is -2.33. The highest BCUT2D eigenvalue weighted by Gasteiger charge is 2.11. The van der Waals surface area contributed by atoms with Gasteiger partial charge < -0.3 is 9.88 Å². The molecule has 0 bridgehead atoms. The predicted molar refractivity (Wildman–Crippen MR) is 96.7 cm³/mol. The highest BCUT2D eigenvalue weighted by atomic mass is 79.9. The second-order valence-electron chi connectivity index (χ2n) is 5.55. The number of hydrogen-bond donors (Lipinski definition) is 1. The second kappa shape index (κ2) is 6.97. The van der Waals surface area contributed by atoms with Gasteiger partial charge in [0.1, 0.15) is 6.54 Å². The first kappa shape index (κ1) is 16.4. The summed E-state index contributed by atoms with van der Waals surface area (Å²) in [6.07, 6.45) is 4.80. The number of hydrogen-bond acceptors (Lipinski definition) is 3. The summed E-state index contributed by atoms with van der Waals surface area (Å²) in [4.78, 5) is 28.6. The summed E-state index contributed by atoms with van der Waals surface area (Å²) in [6.45, 7) is 1.89. The molecule has 0 aliphatic carbocycles. The van der Waals surface area contributed by atoms with Crippen molar-refractivity contribution >= 4 is 32.6 Å². The van der Waals surface area contributed by atoms with Gasteiger partial charge in [-0.25, -0.2) is 0 Å². The van der Waals surface area contributed by atoms with E-state index in [1.54, 1.807) is 18.5 Å². The number of nitrogens with zero attached hydrogens (tertiary/aromatic N) is 2. The summed E-state index contributed by atoms with van der Waals surface area (Å²) < 4.78 is 2.38. The van der Waals surface area contributed by atoms with Crippen molar-refractivity contribution in [3.8, 4) is 0 Å². The molecule has 3 rings (SSSR count). The minimum Gasteiger partial charge on any atom is -0.348 e. The van der Waals surface area contributed by atoms with Crippen molar-refractivity contribution in [2.75, 3.05) is 0 Å². The number of pyridine rings is 2. The fraction of sp³-hybridized carbons (Fsp3) is 0.167. The summed E-state index contributed by atoms with van der Waals surface area (Å²) in [7, 11) is 0. The van der Waals surface area contributed by atoms with Crippen LogP contribution in [0.4, 0.5) is 0 Å². The normalized spacial score (nSPS) is 12.1. The van der Waals surface area contributed by atoms with Crippen LogP contribution in [0.15, 0.2) is 64.3 Å². The monoisotopic (exact) mass is 385 g/mol. The van der Waals surface area contributed by atoms with Gasteiger partial charge in [-0.3, -0.25) is 14.6 Å². The van der Waals surface area contributed by atoms with Crippen molar-refractivity contribution in [2.24, 2.45) is 0 Å². The van der Waals surface area contributed by atoms with Crippen LogP contribution in [-0.2, 0) is 11.3 Å². The molecule has 5 nitrogen and oxygen atoms in total. The molecule has 0 fully saturated rings. The maximum atomic E-state index is 12.4. The molecule has 1 atom stereocenters. The number of carbonyl (C=O) groups is 1. The lowest BCUT2D eigenvalue weighted by Gasteiger charge is -2.15. The summed E-state index contributed by atoms with van der Waals surface area (Å²) in [5.41, 5.74) is 0.786. The van der Waals surface area contributed by atoms with Gasteiger partial charge in [-0.1, -0.05) is 28.1 Å². The van der Waals surface area contributed by atoms with Crippen LogP contribution in [0.1, 0.15) is 18.5 Å². The van der Waals surface area contributed by atoms with Crippen molar-refractivity contribution in [1.82, 2.24) is 14.9 Å². The lowest BCUT2D eigenvalue weighted by molar-refractivity contribution is -0.122. The van der Waals surface area contributed by atoms with Crippen molar-refractivity contribution in [3.63, 3.8) is 0 Å². The Labute approximate surface area is 147 Å². The zero-order valence-electron chi connectivity index (χ0n) is 13.1. The standard InChI is InChI=1S/C18H16BrN3O2/c1-12(13-2-4-15(19)5-3-13)21-17(23)11-22-9-7-14-6-8-20-10-16(14)18(22)24/h2-10,12H,11H2,1H3,(H,21,23)/t12-/m0/s1. The number of amides is 1. The van der Waals surface area contributed by atoms with Crippen LogP contribution in [0.5, 0.6) is 0 Å². The minimum atomic E-state index is -0.216. The number of carbonyl (C=O) groups excluding carboxylic acids is 1. The Kier molecular flexibility index (Phi) is 4.76. The lowest BCUT2D eigenvalue weighted by atomic mass is 10.1. The molecule has 122 valence electrons. The molecule has 2 heterocycles. The van der Waals surface area contributed by atoms with E-state index in [-0.39, 0.29) is 24.1 Å². The molecule has 1 amide bonds. The third kappa shape index (κ3) is 3.54. The number of benzene rings is 1. The summed E-state index contributed by atoms with van der Waals surface area (Å²) in [5.74, 6) is -0.212. The van der Waals surface area contributed by atoms with Crippen LogP contribution in [0, 0.1) is 0 Å². The van der Waals surface area contributed by atoms with Gasteiger partial charge in [0, 0.05) is 23.1 Å². The number of rotatable bonds is 4. The summed E-state index contributed by atoms with van der Waals surface area (Å²) >= 11 is 3.39. The van der Waals surface area contributed by atoms with Gasteiger partial charge in [0.05, 0.1) is 11.4 Å². The fourth-order valence-electron chi connectivity index (χ4n) is 2.52. The van der Waals surface area contributed by atoms with Gasteiger partial charge >= 0.3 is 0 Å². The maximum Gasteiger partial charge on any atom is 0.260 e. The summed E-state index contributed by atoms with van der Waals surface area (Å²) in [6, 6.07) is 11.2. The molecule has 0 spiro atoms. The Morgan fingerprint density at radius 1 is 1.25 bits per heavy atom. The number of fused-ring (bicyclic) bond motifs is 1. The third-order valence-electron chi connectivity index (χ3n) is 3.84. The molecule has 2 aromatic heterocycles. The average Bonchev–Trinajstić information content (AvgIpc) is 2.58. The van der Waals surface area contributed by atoms with Gasteiger partial charge in [0.25, 0.3) is 5.56 Å². The average molecular weight is 386 g/mol. The van der Waals surface area contributed by atoms with Crippen LogP contribution in [0.3, 0.4) is 0 Å². The minimum absolute atomic E-state index is 0.0233. The molecule has 0 unspecified atom stereocenters. The van der Waals surface area contributed by atoms with Gasteiger partial charge in [0.2, 0.25) is 5.91 Å². The molecule has 0 aliphatic heterocycles. The zero-order chi connectivity index (χ0) is 17.1. The van der Waals surface area contributed by atoms with E-state index < -0.39 is 0 Å². The van der Waals surface area contributed by atoms with E-state index in [4.69, 9.17) is 0 Å². The first-order valence-corrected chi connectivity index (χ1v) is 8.32. The largest absolute Gasteiger partial charge is 0.348 e. The van der Waals surface area contributed by atoms with Crippen molar-refractivity contribution < 1.29 is 4.79 Å². The highest BCUT2D eigenvalue weighted by Crippen LogP contribution is 2.16. The fourth-order valence-corrected chi connectivity index (χ4v) is 2.79. The smallest absolute Gasteiger partial charge is 0.260 e. The molecule has 24 heavy (non-hydrogen) atoms. The number of aromatic nitrogens is 2. The van der Waals surface area contributed by atoms with E-state index in [1.165, 1.54) is 10.8 Å². The van der Waals surface area contributed by atoms with Crippen LogP contribution >= 0.6 is 15.9 Å². The van der Waals surface area contributed by atoms with Crippen molar-refractivity contribution in [1.29, 1.82) is 0 Å². The first-order valence-electron chi connectivity index (χ1n) is 7.52. The zero-order valence-corrected chi connectivity index (χ0v) is 14.7. The quantitative estimate of drug-likeness (QED) is 0.750. The van der Waals surface area contributed by atoms with Crippen LogP contribution in [0.2, 0.25) is 0 Å². The van der Waals surface area contributed by atoms with E-state index >= 15 is 0 Å². The van der Waals surface area contributed by atoms with E-state index in [0.717, 1.165) is 15.4 Å².